The highest BCUT2D eigenvalue weighted by Gasteiger charge is 2.10. The molecular formula is C25H22N4O2S2. The van der Waals surface area contributed by atoms with Crippen LogP contribution in [0, 0.1) is 0 Å². The molecule has 0 fully saturated rings. The van der Waals surface area contributed by atoms with E-state index in [4.69, 9.17) is 9.72 Å². The average Bonchev–Trinajstić information content (AvgIpc) is 3.44. The number of aromatic amines is 1. The fourth-order valence-electron chi connectivity index (χ4n) is 3.58. The molecule has 0 atom stereocenters. The van der Waals surface area contributed by atoms with E-state index in [0.29, 0.717) is 12.8 Å². The molecule has 1 amide bonds. The van der Waals surface area contributed by atoms with Crippen LogP contribution in [0.4, 0.5) is 5.69 Å². The van der Waals surface area contributed by atoms with Crippen molar-refractivity contribution in [3.05, 3.63) is 78.1 Å². The summed E-state index contributed by atoms with van der Waals surface area (Å²) in [6.07, 6.45) is 0.924. The summed E-state index contributed by atoms with van der Waals surface area (Å²) in [6.45, 7) is 0. The minimum atomic E-state index is -0.0370. The quantitative estimate of drug-likeness (QED) is 0.268. The van der Waals surface area contributed by atoms with Gasteiger partial charge in [0, 0.05) is 29.8 Å². The van der Waals surface area contributed by atoms with Crippen LogP contribution in [-0.4, -0.2) is 28.0 Å². The Morgan fingerprint density at radius 3 is 2.79 bits per heavy atom. The maximum Gasteiger partial charge on any atom is 0.224 e. The fourth-order valence-corrected chi connectivity index (χ4v) is 5.68. The summed E-state index contributed by atoms with van der Waals surface area (Å²) in [5.41, 5.74) is 4.76. The van der Waals surface area contributed by atoms with Crippen LogP contribution in [-0.2, 0) is 17.0 Å². The number of para-hydroxylation sites is 3. The molecule has 0 spiro atoms. The molecule has 166 valence electrons. The van der Waals surface area contributed by atoms with Crippen LogP contribution in [0.25, 0.3) is 21.3 Å². The number of H-pyrrole nitrogens is 1. The molecule has 0 radical (unpaired) electrons. The summed E-state index contributed by atoms with van der Waals surface area (Å²) in [5.74, 6) is 2.46. The van der Waals surface area contributed by atoms with E-state index in [2.05, 4.69) is 21.4 Å². The van der Waals surface area contributed by atoms with Crippen molar-refractivity contribution in [3.8, 4) is 5.75 Å². The molecule has 5 aromatic rings. The third-order valence-electron chi connectivity index (χ3n) is 5.22. The van der Waals surface area contributed by atoms with Gasteiger partial charge in [-0.15, -0.1) is 11.3 Å². The number of imidazole rings is 1. The first-order chi connectivity index (χ1) is 16.2. The van der Waals surface area contributed by atoms with Crippen molar-refractivity contribution < 1.29 is 9.53 Å². The van der Waals surface area contributed by atoms with Gasteiger partial charge in [-0.1, -0.05) is 42.1 Å². The summed E-state index contributed by atoms with van der Waals surface area (Å²) in [5, 5.41) is 3.00. The summed E-state index contributed by atoms with van der Waals surface area (Å²) in [7, 11) is 1.69. The first kappa shape index (κ1) is 21.5. The SMILES string of the molecule is COc1ccccc1CSc1nc2ccc(NC(=O)CCc3nc4ccccc4[nH]3)cc2s1. The van der Waals surface area contributed by atoms with Gasteiger partial charge in [0.2, 0.25) is 5.91 Å². The van der Waals surface area contributed by atoms with Crippen molar-refractivity contribution in [1.82, 2.24) is 15.0 Å². The third kappa shape index (κ3) is 5.02. The van der Waals surface area contributed by atoms with Crippen LogP contribution in [0.2, 0.25) is 0 Å². The predicted octanol–water partition coefficient (Wildman–Crippen LogP) is 6.04. The molecule has 2 aromatic heterocycles. The Hall–Kier alpha value is -3.36. The molecule has 0 aliphatic heterocycles. The second-order valence-corrected chi connectivity index (χ2v) is 9.76. The highest BCUT2D eigenvalue weighted by Crippen LogP contribution is 2.34. The van der Waals surface area contributed by atoms with E-state index >= 15 is 0 Å². The first-order valence-corrected chi connectivity index (χ1v) is 12.4. The standard InChI is InChI=1S/C25H22N4O2S2/c1-31-21-9-5-2-6-16(21)15-32-25-29-20-11-10-17(14-22(20)33-25)26-24(30)13-12-23-27-18-7-3-4-8-19(18)28-23/h2-11,14H,12-13,15H2,1H3,(H,26,30)(H,27,28). The zero-order valence-corrected chi connectivity index (χ0v) is 19.6. The smallest absolute Gasteiger partial charge is 0.224 e. The van der Waals surface area contributed by atoms with Gasteiger partial charge in [0.1, 0.15) is 11.6 Å². The number of rotatable bonds is 8. The van der Waals surface area contributed by atoms with Gasteiger partial charge in [-0.25, -0.2) is 9.97 Å². The number of aryl methyl sites for hydroxylation is 1. The van der Waals surface area contributed by atoms with E-state index in [1.807, 2.05) is 60.7 Å². The number of nitrogens with one attached hydrogen (secondary N) is 2. The van der Waals surface area contributed by atoms with Crippen LogP contribution in [0.1, 0.15) is 17.8 Å². The van der Waals surface area contributed by atoms with Gasteiger partial charge in [-0.05, 0) is 36.4 Å². The number of carbonyl (C=O) groups excluding carboxylic acids is 1. The summed E-state index contributed by atoms with van der Waals surface area (Å²) >= 11 is 3.31. The lowest BCUT2D eigenvalue weighted by Crippen LogP contribution is -2.12. The molecule has 0 aliphatic rings. The molecule has 5 rings (SSSR count). The molecule has 3 aromatic carbocycles. The molecule has 0 bridgehead atoms. The van der Waals surface area contributed by atoms with Crippen molar-refractivity contribution in [2.75, 3.05) is 12.4 Å². The number of hydrogen-bond acceptors (Lipinski definition) is 6. The monoisotopic (exact) mass is 474 g/mol. The van der Waals surface area contributed by atoms with E-state index in [9.17, 15) is 4.79 Å². The topological polar surface area (TPSA) is 79.9 Å². The Morgan fingerprint density at radius 2 is 1.91 bits per heavy atom. The predicted molar refractivity (Wildman–Crippen MR) is 135 cm³/mol. The number of thiazole rings is 1. The van der Waals surface area contributed by atoms with Gasteiger partial charge in [0.05, 0.1) is 28.4 Å². The van der Waals surface area contributed by atoms with E-state index in [1.165, 1.54) is 0 Å². The minimum Gasteiger partial charge on any atom is -0.496 e. The van der Waals surface area contributed by atoms with Crippen molar-refractivity contribution in [1.29, 1.82) is 0 Å². The average molecular weight is 475 g/mol. The first-order valence-electron chi connectivity index (χ1n) is 10.6. The maximum atomic E-state index is 12.5. The van der Waals surface area contributed by atoms with Crippen LogP contribution in [0.15, 0.2) is 71.1 Å². The molecule has 6 nitrogen and oxygen atoms in total. The molecule has 0 aliphatic carbocycles. The Balaban J connectivity index is 1.20. The van der Waals surface area contributed by atoms with Gasteiger partial charge < -0.3 is 15.0 Å². The highest BCUT2D eigenvalue weighted by molar-refractivity contribution is 8.00. The molecule has 0 saturated carbocycles. The molecule has 2 N–H and O–H groups in total. The number of carbonyl (C=O) groups is 1. The van der Waals surface area contributed by atoms with Crippen molar-refractivity contribution >= 4 is 55.9 Å². The zero-order valence-electron chi connectivity index (χ0n) is 18.0. The van der Waals surface area contributed by atoms with Crippen LogP contribution in [0.3, 0.4) is 0 Å². The normalized spacial score (nSPS) is 11.2. The van der Waals surface area contributed by atoms with Gasteiger partial charge in [-0.3, -0.25) is 4.79 Å². The molecule has 0 unspecified atom stereocenters. The molecule has 8 heteroatoms. The third-order valence-corrected chi connectivity index (χ3v) is 7.43. The molecule has 33 heavy (non-hydrogen) atoms. The number of amides is 1. The van der Waals surface area contributed by atoms with E-state index in [1.54, 1.807) is 30.2 Å². The summed E-state index contributed by atoms with van der Waals surface area (Å²) in [4.78, 5) is 25.0. The Labute approximate surface area is 199 Å². The Bertz CT molecular complexity index is 1390. The zero-order chi connectivity index (χ0) is 22.6. The second kappa shape index (κ2) is 9.64. The van der Waals surface area contributed by atoms with Crippen molar-refractivity contribution in [3.63, 3.8) is 0 Å². The van der Waals surface area contributed by atoms with Gasteiger partial charge in [0.15, 0.2) is 4.34 Å². The van der Waals surface area contributed by atoms with Crippen LogP contribution < -0.4 is 10.1 Å². The van der Waals surface area contributed by atoms with Crippen LogP contribution in [0.5, 0.6) is 5.75 Å². The van der Waals surface area contributed by atoms with Crippen molar-refractivity contribution in [2.45, 2.75) is 22.9 Å². The summed E-state index contributed by atoms with van der Waals surface area (Å²) in [6, 6.07) is 21.7. The van der Waals surface area contributed by atoms with Gasteiger partial charge in [-0.2, -0.15) is 0 Å². The van der Waals surface area contributed by atoms with E-state index in [-0.39, 0.29) is 5.91 Å². The number of ether oxygens (including phenoxy) is 1. The number of hydrogen-bond donors (Lipinski definition) is 2. The summed E-state index contributed by atoms with van der Waals surface area (Å²) < 4.78 is 7.47. The molecular weight excluding hydrogens is 452 g/mol. The number of methoxy groups -OCH3 is 1. The highest BCUT2D eigenvalue weighted by atomic mass is 32.2. The number of benzene rings is 3. The maximum absolute atomic E-state index is 12.5. The van der Waals surface area contributed by atoms with Crippen LogP contribution >= 0.6 is 23.1 Å². The Kier molecular flexibility index (Phi) is 6.28. The van der Waals surface area contributed by atoms with E-state index in [0.717, 1.165) is 54.2 Å². The number of aromatic nitrogens is 3. The molecule has 2 heterocycles. The van der Waals surface area contributed by atoms with Gasteiger partial charge in [0.25, 0.3) is 0 Å². The number of nitrogens with zero attached hydrogens (tertiary/aromatic N) is 2. The number of anilines is 1. The minimum absolute atomic E-state index is 0.0370. The Morgan fingerprint density at radius 1 is 1.06 bits per heavy atom. The number of fused-ring (bicyclic) bond motifs is 2. The fraction of sp³-hybridized carbons (Fsp3) is 0.160. The van der Waals surface area contributed by atoms with E-state index < -0.39 is 0 Å². The van der Waals surface area contributed by atoms with Crippen molar-refractivity contribution in [2.24, 2.45) is 0 Å². The molecule has 0 saturated heterocycles. The largest absolute Gasteiger partial charge is 0.496 e. The lowest BCUT2D eigenvalue weighted by atomic mass is 10.2. The van der Waals surface area contributed by atoms with Gasteiger partial charge >= 0.3 is 0 Å². The lowest BCUT2D eigenvalue weighted by Gasteiger charge is -2.06. The number of thioether (sulfide) groups is 1. The second-order valence-electron chi connectivity index (χ2n) is 7.51. The lowest BCUT2D eigenvalue weighted by molar-refractivity contribution is -0.116.